The SMILES string of the molecule is O=C1C(c2cccs2)=C(N2CCN(CCO)CC2)C(=O)N1c1ccc(Cl)cc1. The number of imide groups is 1. The van der Waals surface area contributed by atoms with E-state index in [0.29, 0.717) is 41.6 Å². The summed E-state index contributed by atoms with van der Waals surface area (Å²) in [6.45, 7) is 3.49. The van der Waals surface area contributed by atoms with Gasteiger partial charge in [-0.25, -0.2) is 4.90 Å². The number of thiophene rings is 1. The third kappa shape index (κ3) is 3.46. The minimum absolute atomic E-state index is 0.116. The molecule has 6 nitrogen and oxygen atoms in total. The van der Waals surface area contributed by atoms with Crippen molar-refractivity contribution in [1.82, 2.24) is 9.80 Å². The Labute approximate surface area is 172 Å². The Bertz CT molecular complexity index is 903. The van der Waals surface area contributed by atoms with Gasteiger partial charge in [0, 0.05) is 42.6 Å². The molecule has 146 valence electrons. The van der Waals surface area contributed by atoms with Crippen molar-refractivity contribution in [2.45, 2.75) is 0 Å². The fraction of sp³-hybridized carbons (Fsp3) is 0.300. The second-order valence-corrected chi connectivity index (χ2v) is 8.06. The number of amides is 2. The average Bonchev–Trinajstić information content (AvgIpc) is 3.30. The van der Waals surface area contributed by atoms with E-state index in [1.807, 2.05) is 22.4 Å². The van der Waals surface area contributed by atoms with E-state index in [9.17, 15) is 9.59 Å². The van der Waals surface area contributed by atoms with Crippen molar-refractivity contribution >= 4 is 46.0 Å². The van der Waals surface area contributed by atoms with Gasteiger partial charge in [-0.2, -0.15) is 0 Å². The molecule has 1 aromatic carbocycles. The molecule has 0 aliphatic carbocycles. The topological polar surface area (TPSA) is 64.1 Å². The number of aliphatic hydroxyl groups excluding tert-OH is 1. The predicted octanol–water partition coefficient (Wildman–Crippen LogP) is 2.30. The molecular formula is C20H20ClN3O3S. The van der Waals surface area contributed by atoms with Gasteiger partial charge in [0.1, 0.15) is 5.70 Å². The number of aliphatic hydroxyl groups is 1. The Hall–Kier alpha value is -2.19. The molecule has 1 saturated heterocycles. The van der Waals surface area contributed by atoms with Gasteiger partial charge in [0.15, 0.2) is 0 Å². The summed E-state index contributed by atoms with van der Waals surface area (Å²) in [6, 6.07) is 10.5. The van der Waals surface area contributed by atoms with Gasteiger partial charge >= 0.3 is 0 Å². The first kappa shape index (κ1) is 19.1. The van der Waals surface area contributed by atoms with Gasteiger partial charge in [-0.3, -0.25) is 14.5 Å². The van der Waals surface area contributed by atoms with Crippen LogP contribution in [0.1, 0.15) is 4.88 Å². The monoisotopic (exact) mass is 417 g/mol. The molecule has 3 heterocycles. The van der Waals surface area contributed by atoms with E-state index in [0.717, 1.165) is 18.0 Å². The van der Waals surface area contributed by atoms with Crippen molar-refractivity contribution in [1.29, 1.82) is 0 Å². The van der Waals surface area contributed by atoms with E-state index in [-0.39, 0.29) is 18.4 Å². The normalized spacial score (nSPS) is 18.5. The molecule has 8 heteroatoms. The molecule has 28 heavy (non-hydrogen) atoms. The average molecular weight is 418 g/mol. The minimum atomic E-state index is -0.303. The van der Waals surface area contributed by atoms with Crippen molar-refractivity contribution in [2.75, 3.05) is 44.2 Å². The van der Waals surface area contributed by atoms with Crippen LogP contribution >= 0.6 is 22.9 Å². The quantitative estimate of drug-likeness (QED) is 0.756. The van der Waals surface area contributed by atoms with Crippen LogP contribution in [0.2, 0.25) is 5.02 Å². The lowest BCUT2D eigenvalue weighted by molar-refractivity contribution is -0.120. The van der Waals surface area contributed by atoms with E-state index in [1.165, 1.54) is 16.2 Å². The first-order valence-electron chi connectivity index (χ1n) is 9.11. The molecular weight excluding hydrogens is 398 g/mol. The summed E-state index contributed by atoms with van der Waals surface area (Å²) in [7, 11) is 0. The highest BCUT2D eigenvalue weighted by Gasteiger charge is 2.43. The first-order valence-corrected chi connectivity index (χ1v) is 10.4. The summed E-state index contributed by atoms with van der Waals surface area (Å²) in [5, 5.41) is 11.6. The fourth-order valence-corrected chi connectivity index (χ4v) is 4.50. The smallest absolute Gasteiger partial charge is 0.282 e. The largest absolute Gasteiger partial charge is 0.395 e. The molecule has 0 spiro atoms. The lowest BCUT2D eigenvalue weighted by Crippen LogP contribution is -2.48. The van der Waals surface area contributed by atoms with Crippen molar-refractivity contribution < 1.29 is 14.7 Å². The number of hydrogen-bond donors (Lipinski definition) is 1. The van der Waals surface area contributed by atoms with E-state index < -0.39 is 0 Å². The van der Waals surface area contributed by atoms with Crippen molar-refractivity contribution in [2.24, 2.45) is 0 Å². The molecule has 4 rings (SSSR count). The lowest BCUT2D eigenvalue weighted by Gasteiger charge is -2.36. The third-order valence-electron chi connectivity index (χ3n) is 5.02. The fourth-order valence-electron chi connectivity index (χ4n) is 3.62. The van der Waals surface area contributed by atoms with Crippen LogP contribution in [0.25, 0.3) is 5.57 Å². The zero-order chi connectivity index (χ0) is 19.7. The van der Waals surface area contributed by atoms with Crippen LogP contribution in [0.4, 0.5) is 5.69 Å². The van der Waals surface area contributed by atoms with E-state index >= 15 is 0 Å². The molecule has 1 N–H and O–H groups in total. The molecule has 0 saturated carbocycles. The van der Waals surface area contributed by atoms with Crippen molar-refractivity contribution in [3.63, 3.8) is 0 Å². The standard InChI is InChI=1S/C20H20ClN3O3S/c21-14-3-5-15(6-4-14)24-19(26)17(16-2-1-13-28-16)18(20(24)27)23-9-7-22(8-10-23)11-12-25/h1-6,13,25H,7-12H2. The molecule has 2 aliphatic heterocycles. The highest BCUT2D eigenvalue weighted by Crippen LogP contribution is 2.37. The van der Waals surface area contributed by atoms with Crippen LogP contribution in [0.5, 0.6) is 0 Å². The molecule has 2 aromatic rings. The summed E-state index contributed by atoms with van der Waals surface area (Å²) in [5.41, 5.74) is 1.44. The van der Waals surface area contributed by atoms with Crippen LogP contribution in [-0.2, 0) is 9.59 Å². The first-order chi connectivity index (χ1) is 13.6. The van der Waals surface area contributed by atoms with Gasteiger partial charge in [0.2, 0.25) is 0 Å². The molecule has 1 aromatic heterocycles. The third-order valence-corrected chi connectivity index (χ3v) is 6.16. The Balaban J connectivity index is 1.69. The number of anilines is 1. The maximum Gasteiger partial charge on any atom is 0.282 e. The molecule has 2 aliphatic rings. The summed E-state index contributed by atoms with van der Waals surface area (Å²) in [6.07, 6.45) is 0. The van der Waals surface area contributed by atoms with Gasteiger partial charge in [-0.05, 0) is 35.7 Å². The second-order valence-electron chi connectivity index (χ2n) is 6.68. The zero-order valence-electron chi connectivity index (χ0n) is 15.2. The number of piperazine rings is 1. The Morgan fingerprint density at radius 2 is 1.71 bits per heavy atom. The van der Waals surface area contributed by atoms with Gasteiger partial charge < -0.3 is 10.0 Å². The number of carbonyl (C=O) groups excluding carboxylic acids is 2. The van der Waals surface area contributed by atoms with E-state index in [4.69, 9.17) is 16.7 Å². The van der Waals surface area contributed by atoms with Crippen LogP contribution in [0.3, 0.4) is 0 Å². The summed E-state index contributed by atoms with van der Waals surface area (Å²) < 4.78 is 0. The number of nitrogens with zero attached hydrogens (tertiary/aromatic N) is 3. The van der Waals surface area contributed by atoms with Gasteiger partial charge in [0.25, 0.3) is 11.8 Å². The maximum atomic E-state index is 13.3. The van der Waals surface area contributed by atoms with Crippen molar-refractivity contribution in [3.05, 3.63) is 57.4 Å². The second kappa shape index (κ2) is 8.05. The molecule has 0 bridgehead atoms. The number of halogens is 1. The highest BCUT2D eigenvalue weighted by atomic mass is 35.5. The Kier molecular flexibility index (Phi) is 5.50. The maximum absolute atomic E-state index is 13.3. The van der Waals surface area contributed by atoms with Gasteiger partial charge in [0.05, 0.1) is 17.9 Å². The number of rotatable bonds is 5. The molecule has 0 unspecified atom stereocenters. The Morgan fingerprint density at radius 3 is 2.32 bits per heavy atom. The summed E-state index contributed by atoms with van der Waals surface area (Å²) >= 11 is 7.42. The van der Waals surface area contributed by atoms with Crippen LogP contribution in [0, 0.1) is 0 Å². The lowest BCUT2D eigenvalue weighted by atomic mass is 10.1. The Morgan fingerprint density at radius 1 is 1.00 bits per heavy atom. The van der Waals surface area contributed by atoms with Gasteiger partial charge in [-0.15, -0.1) is 11.3 Å². The number of benzene rings is 1. The van der Waals surface area contributed by atoms with Crippen LogP contribution < -0.4 is 4.90 Å². The molecule has 0 atom stereocenters. The predicted molar refractivity (Wildman–Crippen MR) is 110 cm³/mol. The summed E-state index contributed by atoms with van der Waals surface area (Å²) in [4.78, 5) is 32.8. The highest BCUT2D eigenvalue weighted by molar-refractivity contribution is 7.11. The van der Waals surface area contributed by atoms with E-state index in [2.05, 4.69) is 4.90 Å². The number of hydrogen-bond acceptors (Lipinski definition) is 6. The molecule has 0 radical (unpaired) electrons. The molecule has 1 fully saturated rings. The number of carbonyl (C=O) groups is 2. The van der Waals surface area contributed by atoms with Gasteiger partial charge in [-0.1, -0.05) is 17.7 Å². The molecule has 2 amide bonds. The van der Waals surface area contributed by atoms with Crippen molar-refractivity contribution in [3.8, 4) is 0 Å². The summed E-state index contributed by atoms with van der Waals surface area (Å²) in [5.74, 6) is -0.603. The van der Waals surface area contributed by atoms with Crippen LogP contribution in [0.15, 0.2) is 47.5 Å². The van der Waals surface area contributed by atoms with E-state index in [1.54, 1.807) is 24.3 Å². The van der Waals surface area contributed by atoms with Crippen LogP contribution in [-0.4, -0.2) is 66.1 Å². The zero-order valence-corrected chi connectivity index (χ0v) is 16.7. The number of β-amino-alcohol motifs (C(OH)–C–C–N with tert-alkyl or cyclic N) is 1. The minimum Gasteiger partial charge on any atom is -0.395 e.